The zero-order chi connectivity index (χ0) is 54.2. The van der Waals surface area contributed by atoms with E-state index in [1.807, 2.05) is 27.7 Å². The molecule has 0 aromatic rings. The average molecular weight is 1050 g/mol. The van der Waals surface area contributed by atoms with E-state index < -0.39 is 133 Å². The number of nitrogens with zero attached hydrogens (tertiary/aromatic N) is 6. The van der Waals surface area contributed by atoms with Crippen LogP contribution in [0.4, 0.5) is 0 Å². The number of hydrogen-bond acceptors (Lipinski definition) is 12. The molecule has 7 rings (SSSR count). The van der Waals surface area contributed by atoms with E-state index in [2.05, 4.69) is 26.6 Å². The first kappa shape index (κ1) is 56.4. The van der Waals surface area contributed by atoms with E-state index >= 15 is 0 Å². The lowest BCUT2D eigenvalue weighted by molar-refractivity contribution is -0.152. The molecule has 7 fully saturated rings. The highest BCUT2D eigenvalue weighted by atomic mass is 16.4. The van der Waals surface area contributed by atoms with Crippen LogP contribution in [0, 0.1) is 11.8 Å². The summed E-state index contributed by atoms with van der Waals surface area (Å²) in [6, 6.07) is -8.14. The van der Waals surface area contributed by atoms with E-state index in [0.717, 1.165) is 0 Å². The molecule has 7 saturated heterocycles. The van der Waals surface area contributed by atoms with Crippen LogP contribution in [0.15, 0.2) is 0 Å². The van der Waals surface area contributed by atoms with Gasteiger partial charge in [-0.25, -0.2) is 4.79 Å². The summed E-state index contributed by atoms with van der Waals surface area (Å²) in [5.41, 5.74) is 0. The lowest BCUT2D eigenvalue weighted by Crippen LogP contribution is -2.59. The van der Waals surface area contributed by atoms with Gasteiger partial charge >= 0.3 is 5.97 Å². The van der Waals surface area contributed by atoms with Gasteiger partial charge in [0.05, 0.1) is 13.1 Å². The third-order valence-corrected chi connectivity index (χ3v) is 16.3. The van der Waals surface area contributed by atoms with Crippen molar-refractivity contribution in [3.8, 4) is 0 Å². The standard InChI is InChI=1S/C51H77N11O13/c1-5-30(4)42(50(73)61-24-10-16-37(61)49(72)62-25-11-17-38(62)51(74)75)56-45(68)34-13-7-22-59(34)47(70)35-14-8-20-57(35)41(65)28-53-44(67)33-12-6-21-58(33)48(71)36-15-9-23-60(36)46(69)32(26-29(2)3)55-40(64)27-52-43(66)31-18-19-39(63)54-31/h29-38,42H,5-28H2,1-4H3,(H,52,66)(H,53,67)(H,54,63)(H,55,64)(H,56,68)(H,74,75)/t30-,31-,32-,33+,34-,35+,36-,37+,38-,42-/m0/s1. The minimum atomic E-state index is -1.08. The van der Waals surface area contributed by atoms with Gasteiger partial charge < -0.3 is 61.1 Å². The molecular weight excluding hydrogens is 975 g/mol. The summed E-state index contributed by atoms with van der Waals surface area (Å²) in [4.78, 5) is 170. The Labute approximate surface area is 437 Å². The van der Waals surface area contributed by atoms with Crippen molar-refractivity contribution >= 4 is 70.9 Å². The second-order valence-electron chi connectivity index (χ2n) is 21.7. The number of amides is 11. The Morgan fingerprint density at radius 2 is 1.00 bits per heavy atom. The fourth-order valence-electron chi connectivity index (χ4n) is 12.1. The van der Waals surface area contributed by atoms with Gasteiger partial charge in [0.1, 0.15) is 54.4 Å². The second-order valence-corrected chi connectivity index (χ2v) is 21.7. The Bertz CT molecular complexity index is 2250. The van der Waals surface area contributed by atoms with Crippen LogP contribution in [0.1, 0.15) is 130 Å². The highest BCUT2D eigenvalue weighted by Crippen LogP contribution is 2.30. The molecular formula is C51H77N11O13. The van der Waals surface area contributed by atoms with Crippen LogP contribution in [-0.2, 0) is 57.5 Å². The van der Waals surface area contributed by atoms with E-state index in [4.69, 9.17) is 0 Å². The van der Waals surface area contributed by atoms with Crippen molar-refractivity contribution in [1.82, 2.24) is 56.0 Å². The van der Waals surface area contributed by atoms with Crippen LogP contribution in [0.5, 0.6) is 0 Å². The SMILES string of the molecule is CC[C@H](C)[C@H](NC(=O)[C@@H]1CCCN1C(=O)[C@H]1CCCN1C(=O)CNC(=O)[C@H]1CCCN1C(=O)[C@@H]1CCCN1C(=O)[C@H](CC(C)C)NC(=O)CNC(=O)[C@@H]1CCC(=O)N1)C(=O)N1CCC[C@@H]1C(=O)N1CCC[C@H]1C(=O)O. The van der Waals surface area contributed by atoms with Gasteiger partial charge in [0.25, 0.3) is 0 Å². The van der Waals surface area contributed by atoms with Crippen molar-refractivity contribution in [2.45, 2.75) is 185 Å². The van der Waals surface area contributed by atoms with Gasteiger partial charge in [0.2, 0.25) is 65.0 Å². The fourth-order valence-corrected chi connectivity index (χ4v) is 12.1. The molecule has 6 N–H and O–H groups in total. The Balaban J connectivity index is 0.921. The molecule has 7 aliphatic heterocycles. The van der Waals surface area contributed by atoms with Crippen LogP contribution in [0.25, 0.3) is 0 Å². The van der Waals surface area contributed by atoms with Crippen molar-refractivity contribution in [1.29, 1.82) is 0 Å². The highest BCUT2D eigenvalue weighted by Gasteiger charge is 2.48. The smallest absolute Gasteiger partial charge is 0.326 e. The summed E-state index contributed by atoms with van der Waals surface area (Å²) < 4.78 is 0. The van der Waals surface area contributed by atoms with Gasteiger partial charge in [-0.2, -0.15) is 0 Å². The molecule has 24 nitrogen and oxygen atoms in total. The summed E-state index contributed by atoms with van der Waals surface area (Å²) in [5.74, 6) is -6.50. The summed E-state index contributed by atoms with van der Waals surface area (Å²) in [6.45, 7) is 8.21. The third kappa shape index (κ3) is 12.8. The first-order valence-electron chi connectivity index (χ1n) is 27.3. The molecule has 0 aromatic heterocycles. The number of hydrogen-bond donors (Lipinski definition) is 6. The molecule has 0 aliphatic carbocycles. The number of carboxylic acids is 1. The Morgan fingerprint density at radius 1 is 0.547 bits per heavy atom. The predicted molar refractivity (Wildman–Crippen MR) is 266 cm³/mol. The molecule has 75 heavy (non-hydrogen) atoms. The lowest BCUT2D eigenvalue weighted by atomic mass is 9.96. The zero-order valence-electron chi connectivity index (χ0n) is 43.9. The second kappa shape index (κ2) is 25.0. The maximum atomic E-state index is 14.3. The normalized spacial score (nSPS) is 26.8. The number of carbonyl (C=O) groups is 12. The lowest BCUT2D eigenvalue weighted by Gasteiger charge is -2.35. The predicted octanol–water partition coefficient (Wildman–Crippen LogP) is -1.41. The minimum Gasteiger partial charge on any atom is -0.480 e. The molecule has 7 heterocycles. The van der Waals surface area contributed by atoms with Crippen LogP contribution >= 0.6 is 0 Å². The van der Waals surface area contributed by atoms with E-state index in [1.54, 1.807) is 0 Å². The molecule has 0 bridgehead atoms. The van der Waals surface area contributed by atoms with Crippen molar-refractivity contribution in [3.05, 3.63) is 0 Å². The Hall–Kier alpha value is -6.36. The van der Waals surface area contributed by atoms with Crippen LogP contribution in [0.3, 0.4) is 0 Å². The number of nitrogens with one attached hydrogen (secondary N) is 5. The molecule has 24 heteroatoms. The van der Waals surface area contributed by atoms with Gasteiger partial charge in [-0.05, 0) is 102 Å². The van der Waals surface area contributed by atoms with Crippen molar-refractivity contribution in [2.75, 3.05) is 52.4 Å². The number of carboxylic acid groups (broad SMARTS) is 1. The first-order valence-corrected chi connectivity index (χ1v) is 27.3. The van der Waals surface area contributed by atoms with Crippen molar-refractivity contribution in [2.24, 2.45) is 11.8 Å². The van der Waals surface area contributed by atoms with Gasteiger partial charge in [-0.15, -0.1) is 0 Å². The van der Waals surface area contributed by atoms with Gasteiger partial charge in [-0.1, -0.05) is 34.1 Å². The Kier molecular flexibility index (Phi) is 18.8. The van der Waals surface area contributed by atoms with E-state index in [0.29, 0.717) is 96.4 Å². The monoisotopic (exact) mass is 1050 g/mol. The molecule has 0 unspecified atom stereocenters. The summed E-state index contributed by atoms with van der Waals surface area (Å²) in [7, 11) is 0. The maximum absolute atomic E-state index is 14.3. The molecule has 414 valence electrons. The number of carbonyl (C=O) groups excluding carboxylic acids is 11. The highest BCUT2D eigenvalue weighted by molar-refractivity contribution is 5.99. The number of likely N-dealkylation sites (tertiary alicyclic amines) is 6. The number of rotatable bonds is 19. The van der Waals surface area contributed by atoms with Gasteiger partial charge in [0, 0.05) is 45.7 Å². The third-order valence-electron chi connectivity index (χ3n) is 16.3. The Morgan fingerprint density at radius 3 is 1.51 bits per heavy atom. The van der Waals surface area contributed by atoms with E-state index in [9.17, 15) is 62.6 Å². The molecule has 7 aliphatic rings. The topological polar surface area (TPSA) is 305 Å². The van der Waals surface area contributed by atoms with Crippen LogP contribution < -0.4 is 26.6 Å². The molecule has 0 radical (unpaired) electrons. The molecule has 0 aromatic carbocycles. The quantitative estimate of drug-likeness (QED) is 0.0868. The number of aliphatic carboxylic acids is 1. The van der Waals surface area contributed by atoms with E-state index in [-0.39, 0.29) is 63.3 Å². The fraction of sp³-hybridized carbons (Fsp3) is 0.765. The van der Waals surface area contributed by atoms with Crippen molar-refractivity contribution < 1.29 is 62.6 Å². The largest absolute Gasteiger partial charge is 0.480 e. The maximum Gasteiger partial charge on any atom is 0.326 e. The summed E-state index contributed by atoms with van der Waals surface area (Å²) >= 11 is 0. The molecule has 11 amide bonds. The summed E-state index contributed by atoms with van der Waals surface area (Å²) in [5, 5.41) is 23.1. The van der Waals surface area contributed by atoms with E-state index in [1.165, 1.54) is 29.4 Å². The van der Waals surface area contributed by atoms with Crippen molar-refractivity contribution in [3.63, 3.8) is 0 Å². The average Bonchev–Trinajstić information content (AvgIpc) is 4.24. The molecule has 0 spiro atoms. The first-order chi connectivity index (χ1) is 35.8. The minimum absolute atomic E-state index is 0.0219. The van der Waals surface area contributed by atoms with Gasteiger partial charge in [0.15, 0.2) is 0 Å². The van der Waals surface area contributed by atoms with Crippen LogP contribution in [-0.4, -0.2) is 212 Å². The summed E-state index contributed by atoms with van der Waals surface area (Å²) in [6.07, 6.45) is 6.50. The van der Waals surface area contributed by atoms with Crippen LogP contribution in [0.2, 0.25) is 0 Å². The van der Waals surface area contributed by atoms with Gasteiger partial charge in [-0.3, -0.25) is 52.7 Å². The molecule has 10 atom stereocenters. The molecule has 0 saturated carbocycles. The zero-order valence-corrected chi connectivity index (χ0v) is 43.9.